The van der Waals surface area contributed by atoms with Gasteiger partial charge in [-0.25, -0.2) is 13.4 Å². The molecule has 1 aliphatic rings. The summed E-state index contributed by atoms with van der Waals surface area (Å²) in [6, 6.07) is 4.72. The summed E-state index contributed by atoms with van der Waals surface area (Å²) in [4.78, 5) is 22.5. The topological polar surface area (TPSA) is 122 Å². The van der Waals surface area contributed by atoms with Gasteiger partial charge >= 0.3 is 0 Å². The van der Waals surface area contributed by atoms with Crippen molar-refractivity contribution in [2.75, 3.05) is 38.7 Å². The molecule has 1 aromatic carbocycles. The number of aromatic nitrogens is 4. The van der Waals surface area contributed by atoms with Gasteiger partial charge in [-0.05, 0) is 31.5 Å². The number of hydrogen-bond donors (Lipinski definition) is 2. The standard InChI is InChI=1S/C22H30N6O4S/c1-4-6-17-19-20(27(3)26-17)22(29)25-21(24-19)16-13-15(7-8-18(16)32-5-2)33(30,31)14-28-11-9-23-10-12-28/h7-8,13,23H,4-6,9-12,14H2,1-3H3,(H,24,25,29). The summed E-state index contributed by atoms with van der Waals surface area (Å²) in [5, 5.41) is 7.68. The van der Waals surface area contributed by atoms with Crippen molar-refractivity contribution in [1.29, 1.82) is 0 Å². The van der Waals surface area contributed by atoms with Crippen molar-refractivity contribution in [3.05, 3.63) is 34.2 Å². The fraction of sp³-hybridized carbons (Fsp3) is 0.500. The number of benzene rings is 1. The van der Waals surface area contributed by atoms with Crippen molar-refractivity contribution in [3.63, 3.8) is 0 Å². The van der Waals surface area contributed by atoms with Crippen LogP contribution in [0.25, 0.3) is 22.4 Å². The summed E-state index contributed by atoms with van der Waals surface area (Å²) >= 11 is 0. The Balaban J connectivity index is 1.81. The molecule has 178 valence electrons. The summed E-state index contributed by atoms with van der Waals surface area (Å²) in [6.07, 6.45) is 1.55. The molecule has 3 heterocycles. The number of aryl methyl sites for hydroxylation is 2. The second kappa shape index (κ2) is 9.62. The molecular weight excluding hydrogens is 444 g/mol. The molecular formula is C22H30N6O4S. The molecule has 3 aromatic rings. The number of H-pyrrole nitrogens is 1. The van der Waals surface area contributed by atoms with Crippen LogP contribution < -0.4 is 15.6 Å². The van der Waals surface area contributed by atoms with Crippen LogP contribution in [0, 0.1) is 0 Å². The minimum absolute atomic E-state index is 0.0612. The number of hydrogen-bond acceptors (Lipinski definition) is 8. The minimum atomic E-state index is -3.58. The molecule has 0 radical (unpaired) electrons. The number of ether oxygens (including phenoxy) is 1. The molecule has 10 nitrogen and oxygen atoms in total. The van der Waals surface area contributed by atoms with Gasteiger partial charge in [0.05, 0.1) is 22.8 Å². The van der Waals surface area contributed by atoms with E-state index in [-0.39, 0.29) is 22.2 Å². The van der Waals surface area contributed by atoms with Crippen LogP contribution in [0.1, 0.15) is 26.0 Å². The molecule has 1 saturated heterocycles. The van der Waals surface area contributed by atoms with Crippen molar-refractivity contribution in [1.82, 2.24) is 30.0 Å². The van der Waals surface area contributed by atoms with Gasteiger partial charge in [0.15, 0.2) is 15.4 Å². The zero-order chi connectivity index (χ0) is 23.6. The average molecular weight is 475 g/mol. The lowest BCUT2D eigenvalue weighted by atomic mass is 10.1. The van der Waals surface area contributed by atoms with E-state index < -0.39 is 9.84 Å². The van der Waals surface area contributed by atoms with Crippen molar-refractivity contribution in [2.24, 2.45) is 7.05 Å². The summed E-state index contributed by atoms with van der Waals surface area (Å²) in [7, 11) is -1.87. The van der Waals surface area contributed by atoms with E-state index in [1.165, 1.54) is 4.68 Å². The Morgan fingerprint density at radius 2 is 1.94 bits per heavy atom. The average Bonchev–Trinajstić information content (AvgIpc) is 3.10. The first kappa shape index (κ1) is 23.4. The number of nitrogens with one attached hydrogen (secondary N) is 2. The first-order chi connectivity index (χ1) is 15.8. The number of aromatic amines is 1. The predicted octanol–water partition coefficient (Wildman–Crippen LogP) is 1.31. The fourth-order valence-electron chi connectivity index (χ4n) is 4.10. The third-order valence-electron chi connectivity index (χ3n) is 5.68. The molecule has 4 rings (SSSR count). The quantitative estimate of drug-likeness (QED) is 0.501. The van der Waals surface area contributed by atoms with Crippen molar-refractivity contribution < 1.29 is 13.2 Å². The Morgan fingerprint density at radius 3 is 2.64 bits per heavy atom. The summed E-state index contributed by atoms with van der Waals surface area (Å²) in [6.45, 7) is 7.15. The molecule has 0 aliphatic carbocycles. The molecule has 0 saturated carbocycles. The third-order valence-corrected chi connectivity index (χ3v) is 7.35. The highest BCUT2D eigenvalue weighted by Crippen LogP contribution is 2.31. The second-order valence-electron chi connectivity index (χ2n) is 8.13. The highest BCUT2D eigenvalue weighted by molar-refractivity contribution is 7.91. The van der Waals surface area contributed by atoms with Crippen LogP contribution in [0.15, 0.2) is 27.9 Å². The van der Waals surface area contributed by atoms with Gasteiger partial charge in [-0.2, -0.15) is 5.10 Å². The van der Waals surface area contributed by atoms with Gasteiger partial charge in [-0.1, -0.05) is 13.3 Å². The van der Waals surface area contributed by atoms with Gasteiger partial charge in [0.2, 0.25) is 0 Å². The molecule has 0 unspecified atom stereocenters. The summed E-state index contributed by atoms with van der Waals surface area (Å²) < 4.78 is 33.6. The molecule has 2 N–H and O–H groups in total. The van der Waals surface area contributed by atoms with E-state index in [1.807, 2.05) is 18.7 Å². The van der Waals surface area contributed by atoms with Gasteiger partial charge in [-0.3, -0.25) is 14.4 Å². The molecule has 0 atom stereocenters. The largest absolute Gasteiger partial charge is 0.493 e. The van der Waals surface area contributed by atoms with E-state index >= 15 is 0 Å². The minimum Gasteiger partial charge on any atom is -0.493 e. The zero-order valence-electron chi connectivity index (χ0n) is 19.2. The number of piperazine rings is 1. The smallest absolute Gasteiger partial charge is 0.277 e. The van der Waals surface area contributed by atoms with Crippen LogP contribution in [-0.2, 0) is 23.3 Å². The van der Waals surface area contributed by atoms with Crippen LogP contribution in [-0.4, -0.2) is 71.7 Å². The monoisotopic (exact) mass is 474 g/mol. The van der Waals surface area contributed by atoms with Crippen molar-refractivity contribution >= 4 is 20.9 Å². The maximum absolute atomic E-state index is 13.2. The summed E-state index contributed by atoms with van der Waals surface area (Å²) in [5.41, 5.74) is 1.76. The van der Waals surface area contributed by atoms with Gasteiger partial charge in [-0.15, -0.1) is 0 Å². The van der Waals surface area contributed by atoms with Crippen LogP contribution in [0.3, 0.4) is 0 Å². The highest BCUT2D eigenvalue weighted by Gasteiger charge is 2.24. The van der Waals surface area contributed by atoms with Gasteiger partial charge in [0, 0.05) is 33.2 Å². The van der Waals surface area contributed by atoms with Crippen LogP contribution in [0.4, 0.5) is 0 Å². The van der Waals surface area contributed by atoms with E-state index in [0.717, 1.165) is 25.2 Å². The lowest BCUT2D eigenvalue weighted by molar-refractivity contribution is 0.274. The SMILES string of the molecule is CCCc1nn(C)c2c(=O)[nH]c(-c3cc(S(=O)(=O)CN4CCNCC4)ccc3OCC)nc12. The van der Waals surface area contributed by atoms with Crippen molar-refractivity contribution in [2.45, 2.75) is 31.6 Å². The molecule has 1 aliphatic heterocycles. The van der Waals surface area contributed by atoms with E-state index in [2.05, 4.69) is 15.4 Å². The maximum Gasteiger partial charge on any atom is 0.277 e. The molecule has 0 amide bonds. The lowest BCUT2D eigenvalue weighted by Gasteiger charge is -2.26. The molecule has 1 fully saturated rings. The molecule has 2 aromatic heterocycles. The number of fused-ring (bicyclic) bond motifs is 1. The summed E-state index contributed by atoms with van der Waals surface area (Å²) in [5.74, 6) is 0.663. The number of sulfone groups is 1. The molecule has 0 spiro atoms. The van der Waals surface area contributed by atoms with E-state index in [1.54, 1.807) is 25.2 Å². The predicted molar refractivity (Wildman–Crippen MR) is 126 cm³/mol. The number of nitrogens with zero attached hydrogens (tertiary/aromatic N) is 4. The highest BCUT2D eigenvalue weighted by atomic mass is 32.2. The second-order valence-corrected chi connectivity index (χ2v) is 10.1. The Kier molecular flexibility index (Phi) is 6.82. The van der Waals surface area contributed by atoms with E-state index in [4.69, 9.17) is 9.72 Å². The Labute approximate surface area is 192 Å². The first-order valence-electron chi connectivity index (χ1n) is 11.2. The first-order valence-corrected chi connectivity index (χ1v) is 12.9. The molecule has 33 heavy (non-hydrogen) atoms. The van der Waals surface area contributed by atoms with Gasteiger partial charge < -0.3 is 15.0 Å². The van der Waals surface area contributed by atoms with Gasteiger partial charge in [0.25, 0.3) is 5.56 Å². The Bertz CT molecular complexity index is 1310. The lowest BCUT2D eigenvalue weighted by Crippen LogP contribution is -2.45. The maximum atomic E-state index is 13.2. The van der Waals surface area contributed by atoms with Crippen molar-refractivity contribution in [3.8, 4) is 17.1 Å². The fourth-order valence-corrected chi connectivity index (χ4v) is 5.56. The van der Waals surface area contributed by atoms with E-state index in [9.17, 15) is 13.2 Å². The Morgan fingerprint density at radius 1 is 1.18 bits per heavy atom. The molecule has 0 bridgehead atoms. The van der Waals surface area contributed by atoms with Crippen LogP contribution in [0.2, 0.25) is 0 Å². The molecule has 11 heteroatoms. The Hall–Kier alpha value is -2.76. The number of rotatable bonds is 8. The van der Waals surface area contributed by atoms with Crippen LogP contribution in [0.5, 0.6) is 5.75 Å². The third kappa shape index (κ3) is 4.80. The normalized spacial score (nSPS) is 15.2. The van der Waals surface area contributed by atoms with E-state index in [0.29, 0.717) is 48.5 Å². The van der Waals surface area contributed by atoms with Crippen LogP contribution >= 0.6 is 0 Å². The van der Waals surface area contributed by atoms with Gasteiger partial charge in [0.1, 0.15) is 23.0 Å². The zero-order valence-corrected chi connectivity index (χ0v) is 20.0.